The van der Waals surface area contributed by atoms with Crippen molar-refractivity contribution in [3.8, 4) is 11.1 Å². The zero-order valence-electron chi connectivity index (χ0n) is 13.8. The summed E-state index contributed by atoms with van der Waals surface area (Å²) in [6, 6.07) is 16.7. The zero-order chi connectivity index (χ0) is 17.4. The van der Waals surface area contributed by atoms with Crippen LogP contribution in [-0.4, -0.2) is 28.6 Å². The molecule has 0 saturated carbocycles. The van der Waals surface area contributed by atoms with E-state index < -0.39 is 0 Å². The summed E-state index contributed by atoms with van der Waals surface area (Å²) in [4.78, 5) is 30.9. The maximum Gasteiger partial charge on any atom is 0.253 e. The molecule has 0 saturated heterocycles. The number of aromatic nitrogens is 1. The molecule has 1 aromatic heterocycles. The van der Waals surface area contributed by atoms with E-state index in [0.29, 0.717) is 23.2 Å². The van der Waals surface area contributed by atoms with Crippen LogP contribution in [0.1, 0.15) is 31.8 Å². The number of pyridine rings is 1. The highest BCUT2D eigenvalue weighted by Crippen LogP contribution is 2.36. The maximum atomic E-state index is 12.7. The molecule has 4 rings (SSSR count). The van der Waals surface area contributed by atoms with Gasteiger partial charge in [-0.3, -0.25) is 14.6 Å². The molecule has 122 valence electrons. The molecule has 0 bridgehead atoms. The second-order valence-corrected chi connectivity index (χ2v) is 6.15. The molecule has 0 unspecified atom stereocenters. The minimum atomic E-state index is -0.108. The Balaban J connectivity index is 1.63. The van der Waals surface area contributed by atoms with E-state index in [0.717, 1.165) is 16.7 Å². The van der Waals surface area contributed by atoms with Crippen molar-refractivity contribution in [3.63, 3.8) is 0 Å². The number of rotatable bonds is 3. The Labute approximate surface area is 145 Å². The first-order chi connectivity index (χ1) is 12.1. The molecule has 1 heterocycles. The standard InChI is InChI=1S/C21H16N2O2/c1-23(13-14-8-10-22-11-9-14)21(25)15-6-7-17-16-4-2-3-5-18(16)20(24)19(17)12-15/h2-12H,13H2,1H3. The first-order valence-electron chi connectivity index (χ1n) is 8.07. The fraction of sp³-hybridized carbons (Fsp3) is 0.0952. The van der Waals surface area contributed by atoms with Crippen molar-refractivity contribution in [3.05, 3.63) is 89.2 Å². The molecule has 25 heavy (non-hydrogen) atoms. The monoisotopic (exact) mass is 328 g/mol. The molecular formula is C21H16N2O2. The topological polar surface area (TPSA) is 50.3 Å². The third-order valence-electron chi connectivity index (χ3n) is 4.49. The van der Waals surface area contributed by atoms with Crippen LogP contribution >= 0.6 is 0 Å². The third-order valence-corrected chi connectivity index (χ3v) is 4.49. The van der Waals surface area contributed by atoms with E-state index in [4.69, 9.17) is 0 Å². The molecule has 4 nitrogen and oxygen atoms in total. The Morgan fingerprint density at radius 2 is 1.60 bits per heavy atom. The predicted octanol–water partition coefficient (Wildman–Crippen LogP) is 3.57. The number of hydrogen-bond acceptors (Lipinski definition) is 3. The van der Waals surface area contributed by atoms with Crippen molar-refractivity contribution in [1.29, 1.82) is 0 Å². The second kappa shape index (κ2) is 5.98. The Morgan fingerprint density at radius 1 is 0.920 bits per heavy atom. The van der Waals surface area contributed by atoms with Crippen LogP contribution in [0, 0.1) is 0 Å². The minimum Gasteiger partial charge on any atom is -0.337 e. The molecule has 0 radical (unpaired) electrons. The number of ketones is 1. The van der Waals surface area contributed by atoms with Crippen LogP contribution < -0.4 is 0 Å². The first kappa shape index (κ1) is 15.3. The van der Waals surface area contributed by atoms with Crippen LogP contribution in [0.3, 0.4) is 0 Å². The lowest BCUT2D eigenvalue weighted by Gasteiger charge is -2.17. The molecule has 2 aromatic carbocycles. The van der Waals surface area contributed by atoms with E-state index in [9.17, 15) is 9.59 Å². The van der Waals surface area contributed by atoms with Gasteiger partial charge in [0.05, 0.1) is 0 Å². The fourth-order valence-electron chi connectivity index (χ4n) is 3.22. The lowest BCUT2D eigenvalue weighted by Crippen LogP contribution is -2.26. The van der Waals surface area contributed by atoms with E-state index >= 15 is 0 Å². The van der Waals surface area contributed by atoms with Gasteiger partial charge in [0.1, 0.15) is 0 Å². The van der Waals surface area contributed by atoms with Gasteiger partial charge < -0.3 is 4.90 Å². The van der Waals surface area contributed by atoms with Crippen LogP contribution in [-0.2, 0) is 6.54 Å². The third kappa shape index (κ3) is 2.62. The van der Waals surface area contributed by atoms with Crippen LogP contribution in [0.15, 0.2) is 67.0 Å². The highest BCUT2D eigenvalue weighted by atomic mass is 16.2. The summed E-state index contributed by atoms with van der Waals surface area (Å²) in [7, 11) is 1.76. The van der Waals surface area contributed by atoms with E-state index in [1.54, 1.807) is 36.5 Å². The van der Waals surface area contributed by atoms with Gasteiger partial charge in [0.15, 0.2) is 5.78 Å². The Kier molecular flexibility index (Phi) is 3.65. The van der Waals surface area contributed by atoms with Crippen molar-refractivity contribution in [1.82, 2.24) is 9.88 Å². The van der Waals surface area contributed by atoms with Crippen molar-refractivity contribution >= 4 is 11.7 Å². The highest BCUT2D eigenvalue weighted by Gasteiger charge is 2.27. The van der Waals surface area contributed by atoms with Crippen LogP contribution in [0.5, 0.6) is 0 Å². The molecular weight excluding hydrogens is 312 g/mol. The predicted molar refractivity (Wildman–Crippen MR) is 95.3 cm³/mol. The number of amides is 1. The van der Waals surface area contributed by atoms with Gasteiger partial charge in [-0.25, -0.2) is 0 Å². The molecule has 3 aromatic rings. The molecule has 1 aliphatic rings. The molecule has 0 fully saturated rings. The molecule has 0 aliphatic heterocycles. The quantitative estimate of drug-likeness (QED) is 0.578. The average Bonchev–Trinajstić information content (AvgIpc) is 2.94. The van der Waals surface area contributed by atoms with Crippen LogP contribution in [0.4, 0.5) is 0 Å². The van der Waals surface area contributed by atoms with Crippen LogP contribution in [0.2, 0.25) is 0 Å². The van der Waals surface area contributed by atoms with Gasteiger partial charge >= 0.3 is 0 Å². The van der Waals surface area contributed by atoms with Crippen molar-refractivity contribution in [2.75, 3.05) is 7.05 Å². The van der Waals surface area contributed by atoms with Crippen molar-refractivity contribution in [2.45, 2.75) is 6.54 Å². The Bertz CT molecular complexity index is 980. The molecule has 0 spiro atoms. The SMILES string of the molecule is CN(Cc1ccncc1)C(=O)c1ccc2c(c1)C(=O)c1ccccc1-2. The summed E-state index contributed by atoms with van der Waals surface area (Å²) in [5.41, 5.74) is 4.67. The number of fused-ring (bicyclic) bond motifs is 3. The van der Waals surface area contributed by atoms with E-state index in [1.165, 1.54) is 0 Å². The summed E-state index contributed by atoms with van der Waals surface area (Å²) >= 11 is 0. The minimum absolute atomic E-state index is 0.0166. The summed E-state index contributed by atoms with van der Waals surface area (Å²) in [5, 5.41) is 0. The molecule has 0 N–H and O–H groups in total. The number of carbonyl (C=O) groups is 2. The number of hydrogen-bond donors (Lipinski definition) is 0. The van der Waals surface area contributed by atoms with Gasteiger partial charge in [0.25, 0.3) is 5.91 Å². The van der Waals surface area contributed by atoms with Gasteiger partial charge in [0, 0.05) is 42.7 Å². The Morgan fingerprint density at radius 3 is 2.36 bits per heavy atom. The maximum absolute atomic E-state index is 12.7. The molecule has 4 heteroatoms. The summed E-state index contributed by atoms with van der Waals surface area (Å²) in [6.45, 7) is 0.493. The lowest BCUT2D eigenvalue weighted by molar-refractivity contribution is 0.0785. The zero-order valence-corrected chi connectivity index (χ0v) is 13.8. The first-order valence-corrected chi connectivity index (χ1v) is 8.07. The summed E-state index contributed by atoms with van der Waals surface area (Å²) < 4.78 is 0. The second-order valence-electron chi connectivity index (χ2n) is 6.15. The normalized spacial score (nSPS) is 11.8. The van der Waals surface area contributed by atoms with Crippen molar-refractivity contribution < 1.29 is 9.59 Å². The van der Waals surface area contributed by atoms with Gasteiger partial charge in [-0.15, -0.1) is 0 Å². The average molecular weight is 328 g/mol. The van der Waals surface area contributed by atoms with E-state index in [1.807, 2.05) is 42.5 Å². The number of benzene rings is 2. The molecule has 0 atom stereocenters. The van der Waals surface area contributed by atoms with Gasteiger partial charge in [-0.2, -0.15) is 0 Å². The highest BCUT2D eigenvalue weighted by molar-refractivity contribution is 6.22. The fourth-order valence-corrected chi connectivity index (χ4v) is 3.22. The smallest absolute Gasteiger partial charge is 0.253 e. The van der Waals surface area contributed by atoms with Crippen LogP contribution in [0.25, 0.3) is 11.1 Å². The Hall–Kier alpha value is -3.27. The number of nitrogens with zero attached hydrogens (tertiary/aromatic N) is 2. The largest absolute Gasteiger partial charge is 0.337 e. The van der Waals surface area contributed by atoms with E-state index in [2.05, 4.69) is 4.98 Å². The molecule has 1 amide bonds. The molecule has 1 aliphatic carbocycles. The van der Waals surface area contributed by atoms with Gasteiger partial charge in [-0.05, 0) is 41.0 Å². The van der Waals surface area contributed by atoms with Crippen molar-refractivity contribution in [2.24, 2.45) is 0 Å². The van der Waals surface area contributed by atoms with E-state index in [-0.39, 0.29) is 11.7 Å². The lowest BCUT2D eigenvalue weighted by atomic mass is 10.0. The summed E-state index contributed by atoms with van der Waals surface area (Å²) in [6.07, 6.45) is 3.41. The number of carbonyl (C=O) groups excluding carboxylic acids is 2. The van der Waals surface area contributed by atoms with Gasteiger partial charge in [-0.1, -0.05) is 30.3 Å². The van der Waals surface area contributed by atoms with Gasteiger partial charge in [0.2, 0.25) is 0 Å². The summed E-state index contributed by atoms with van der Waals surface area (Å²) in [5.74, 6) is -0.125.